The van der Waals surface area contributed by atoms with Crippen LogP contribution in [0.4, 0.5) is 0 Å². The SMILES string of the molecule is Cc1ccc(C(=O)Oc2ccc(-c3nnc(C)o3)cc2)cc1. The Morgan fingerprint density at radius 1 is 0.955 bits per heavy atom. The van der Waals surface area contributed by atoms with Gasteiger partial charge in [0.15, 0.2) is 0 Å². The fourth-order valence-corrected chi connectivity index (χ4v) is 1.93. The second-order valence-electron chi connectivity index (χ2n) is 4.91. The molecule has 5 heteroatoms. The van der Waals surface area contributed by atoms with Crippen LogP contribution in [-0.4, -0.2) is 16.2 Å². The van der Waals surface area contributed by atoms with Crippen LogP contribution in [0.15, 0.2) is 52.9 Å². The Morgan fingerprint density at radius 3 is 2.23 bits per heavy atom. The summed E-state index contributed by atoms with van der Waals surface area (Å²) in [5.74, 6) is 1.02. The number of aromatic nitrogens is 2. The quantitative estimate of drug-likeness (QED) is 0.545. The number of nitrogens with zero attached hydrogens (tertiary/aromatic N) is 2. The molecule has 3 rings (SSSR count). The molecule has 0 amide bonds. The van der Waals surface area contributed by atoms with Crippen LogP contribution in [0.1, 0.15) is 21.8 Å². The molecular weight excluding hydrogens is 280 g/mol. The van der Waals surface area contributed by atoms with Crippen LogP contribution in [0.3, 0.4) is 0 Å². The van der Waals surface area contributed by atoms with E-state index in [1.54, 1.807) is 43.3 Å². The summed E-state index contributed by atoms with van der Waals surface area (Å²) in [4.78, 5) is 12.0. The van der Waals surface area contributed by atoms with Gasteiger partial charge in [0.1, 0.15) is 5.75 Å². The van der Waals surface area contributed by atoms with E-state index in [0.29, 0.717) is 23.1 Å². The van der Waals surface area contributed by atoms with Crippen molar-refractivity contribution >= 4 is 5.97 Å². The van der Waals surface area contributed by atoms with Gasteiger partial charge in [0.05, 0.1) is 5.56 Å². The summed E-state index contributed by atoms with van der Waals surface area (Å²) in [6, 6.07) is 14.2. The molecule has 5 nitrogen and oxygen atoms in total. The number of rotatable bonds is 3. The first-order valence-electron chi connectivity index (χ1n) is 6.81. The summed E-state index contributed by atoms with van der Waals surface area (Å²) < 4.78 is 10.7. The van der Waals surface area contributed by atoms with Gasteiger partial charge in [-0.1, -0.05) is 17.7 Å². The van der Waals surface area contributed by atoms with Crippen molar-refractivity contribution in [2.75, 3.05) is 0 Å². The van der Waals surface area contributed by atoms with Crippen molar-refractivity contribution in [1.82, 2.24) is 10.2 Å². The van der Waals surface area contributed by atoms with Gasteiger partial charge in [-0.05, 0) is 43.3 Å². The lowest BCUT2D eigenvalue weighted by molar-refractivity contribution is 0.0735. The van der Waals surface area contributed by atoms with Gasteiger partial charge in [-0.15, -0.1) is 10.2 Å². The Hall–Kier alpha value is -2.95. The molecule has 0 saturated carbocycles. The van der Waals surface area contributed by atoms with Gasteiger partial charge in [-0.3, -0.25) is 0 Å². The second-order valence-corrected chi connectivity index (χ2v) is 4.91. The molecule has 0 aliphatic rings. The third kappa shape index (κ3) is 3.03. The number of hydrogen-bond acceptors (Lipinski definition) is 5. The molecule has 0 radical (unpaired) electrons. The van der Waals surface area contributed by atoms with Gasteiger partial charge in [0.2, 0.25) is 11.8 Å². The molecule has 1 aromatic heterocycles. The third-order valence-corrected chi connectivity index (χ3v) is 3.13. The van der Waals surface area contributed by atoms with Gasteiger partial charge in [-0.25, -0.2) is 4.79 Å². The second kappa shape index (κ2) is 5.81. The van der Waals surface area contributed by atoms with Crippen LogP contribution in [0.25, 0.3) is 11.5 Å². The van der Waals surface area contributed by atoms with E-state index in [9.17, 15) is 4.79 Å². The minimum absolute atomic E-state index is 0.388. The highest BCUT2D eigenvalue weighted by Crippen LogP contribution is 2.21. The molecule has 2 aromatic carbocycles. The minimum atomic E-state index is -0.388. The van der Waals surface area contributed by atoms with Gasteiger partial charge < -0.3 is 9.15 Å². The van der Waals surface area contributed by atoms with E-state index in [2.05, 4.69) is 10.2 Å². The molecule has 0 fully saturated rings. The molecule has 0 atom stereocenters. The molecule has 3 aromatic rings. The zero-order chi connectivity index (χ0) is 15.5. The standard InChI is InChI=1S/C17H14N2O3/c1-11-3-5-14(6-4-11)17(20)22-15-9-7-13(8-10-15)16-19-18-12(2)21-16/h3-10H,1-2H3. The highest BCUT2D eigenvalue weighted by atomic mass is 16.5. The molecule has 0 saturated heterocycles. The molecule has 110 valence electrons. The van der Waals surface area contributed by atoms with Crippen molar-refractivity contribution in [3.8, 4) is 17.2 Å². The van der Waals surface area contributed by atoms with E-state index in [1.165, 1.54) is 0 Å². The number of carbonyl (C=O) groups is 1. The van der Waals surface area contributed by atoms with E-state index in [-0.39, 0.29) is 5.97 Å². The minimum Gasteiger partial charge on any atom is -0.423 e. The number of hydrogen-bond donors (Lipinski definition) is 0. The van der Waals surface area contributed by atoms with Crippen LogP contribution >= 0.6 is 0 Å². The molecule has 0 bridgehead atoms. The number of esters is 1. The van der Waals surface area contributed by atoms with E-state index < -0.39 is 0 Å². The predicted octanol–water partition coefficient (Wildman–Crippen LogP) is 3.57. The lowest BCUT2D eigenvalue weighted by atomic mass is 10.1. The maximum atomic E-state index is 12.0. The number of carbonyl (C=O) groups excluding carboxylic acids is 1. The normalized spacial score (nSPS) is 10.5. The zero-order valence-corrected chi connectivity index (χ0v) is 12.2. The van der Waals surface area contributed by atoms with Crippen LogP contribution in [0.5, 0.6) is 5.75 Å². The summed E-state index contributed by atoms with van der Waals surface area (Å²) in [7, 11) is 0. The Kier molecular flexibility index (Phi) is 3.70. The van der Waals surface area contributed by atoms with Crippen molar-refractivity contribution in [1.29, 1.82) is 0 Å². The number of ether oxygens (including phenoxy) is 1. The summed E-state index contributed by atoms with van der Waals surface area (Å²) in [5.41, 5.74) is 2.38. The molecular formula is C17H14N2O3. The first-order valence-corrected chi connectivity index (χ1v) is 6.81. The maximum Gasteiger partial charge on any atom is 0.343 e. The summed E-state index contributed by atoms with van der Waals surface area (Å²) in [6.07, 6.45) is 0. The smallest absolute Gasteiger partial charge is 0.343 e. The van der Waals surface area contributed by atoms with Crippen LogP contribution < -0.4 is 4.74 Å². The largest absolute Gasteiger partial charge is 0.423 e. The van der Waals surface area contributed by atoms with Crippen LogP contribution in [0, 0.1) is 13.8 Å². The van der Waals surface area contributed by atoms with Crippen molar-refractivity contribution in [2.45, 2.75) is 13.8 Å². The molecule has 0 N–H and O–H groups in total. The summed E-state index contributed by atoms with van der Waals surface area (Å²) >= 11 is 0. The highest BCUT2D eigenvalue weighted by molar-refractivity contribution is 5.91. The molecule has 22 heavy (non-hydrogen) atoms. The first-order chi connectivity index (χ1) is 10.6. The Morgan fingerprint density at radius 2 is 1.64 bits per heavy atom. The van der Waals surface area contributed by atoms with Gasteiger partial charge in [0.25, 0.3) is 0 Å². The number of benzene rings is 2. The molecule has 0 spiro atoms. The van der Waals surface area contributed by atoms with E-state index in [4.69, 9.17) is 9.15 Å². The van der Waals surface area contributed by atoms with Gasteiger partial charge in [0, 0.05) is 12.5 Å². The number of aryl methyl sites for hydroxylation is 2. The van der Waals surface area contributed by atoms with E-state index >= 15 is 0 Å². The zero-order valence-electron chi connectivity index (χ0n) is 12.2. The van der Waals surface area contributed by atoms with Crippen molar-refractivity contribution in [2.24, 2.45) is 0 Å². The fraction of sp³-hybridized carbons (Fsp3) is 0.118. The van der Waals surface area contributed by atoms with Crippen LogP contribution in [0.2, 0.25) is 0 Å². The van der Waals surface area contributed by atoms with Crippen molar-refractivity contribution in [3.63, 3.8) is 0 Å². The highest BCUT2D eigenvalue weighted by Gasteiger charge is 2.10. The first kappa shape index (κ1) is 14.0. The summed E-state index contributed by atoms with van der Waals surface area (Å²) in [6.45, 7) is 3.70. The van der Waals surface area contributed by atoms with E-state index in [1.807, 2.05) is 19.1 Å². The Balaban J connectivity index is 1.73. The van der Waals surface area contributed by atoms with Gasteiger partial charge >= 0.3 is 5.97 Å². The average Bonchev–Trinajstić information content (AvgIpc) is 2.95. The Bertz CT molecular complexity index is 790. The fourth-order valence-electron chi connectivity index (χ4n) is 1.93. The molecule has 0 aliphatic carbocycles. The molecule has 0 aliphatic heterocycles. The van der Waals surface area contributed by atoms with Crippen LogP contribution in [-0.2, 0) is 0 Å². The van der Waals surface area contributed by atoms with Crippen molar-refractivity contribution < 1.29 is 13.9 Å². The van der Waals surface area contributed by atoms with Gasteiger partial charge in [-0.2, -0.15) is 0 Å². The molecule has 1 heterocycles. The average molecular weight is 294 g/mol. The molecule has 0 unspecified atom stereocenters. The van der Waals surface area contributed by atoms with E-state index in [0.717, 1.165) is 11.1 Å². The summed E-state index contributed by atoms with van der Waals surface area (Å²) in [5, 5.41) is 7.72. The Labute approximate surface area is 127 Å². The van der Waals surface area contributed by atoms with Crippen molar-refractivity contribution in [3.05, 3.63) is 65.5 Å². The lowest BCUT2D eigenvalue weighted by Gasteiger charge is -2.05. The maximum absolute atomic E-state index is 12.0. The topological polar surface area (TPSA) is 65.2 Å². The lowest BCUT2D eigenvalue weighted by Crippen LogP contribution is -2.08. The third-order valence-electron chi connectivity index (χ3n) is 3.13. The predicted molar refractivity (Wildman–Crippen MR) is 80.6 cm³/mol. The monoisotopic (exact) mass is 294 g/mol.